The lowest BCUT2D eigenvalue weighted by Crippen LogP contribution is -2.29. The van der Waals surface area contributed by atoms with E-state index in [1.54, 1.807) is 4.90 Å². The molecule has 18 heavy (non-hydrogen) atoms. The van der Waals surface area contributed by atoms with Gasteiger partial charge in [0.1, 0.15) is 0 Å². The average molecular weight is 248 g/mol. The molecule has 0 aliphatic carbocycles. The van der Waals surface area contributed by atoms with Gasteiger partial charge in [-0.15, -0.1) is 0 Å². The average Bonchev–Trinajstić information content (AvgIpc) is 2.37. The van der Waals surface area contributed by atoms with Crippen LogP contribution in [-0.4, -0.2) is 19.5 Å². The van der Waals surface area contributed by atoms with E-state index in [0.29, 0.717) is 18.9 Å². The molecule has 1 aromatic carbocycles. The molecule has 3 heteroatoms. The zero-order valence-corrected chi connectivity index (χ0v) is 11.8. The van der Waals surface area contributed by atoms with Crippen molar-refractivity contribution in [2.24, 2.45) is 11.7 Å². The number of anilines is 1. The van der Waals surface area contributed by atoms with E-state index in [1.165, 1.54) is 5.56 Å². The summed E-state index contributed by atoms with van der Waals surface area (Å²) in [6.45, 7) is 6.86. The summed E-state index contributed by atoms with van der Waals surface area (Å²) in [6, 6.07) is 8.16. The Bertz CT molecular complexity index is 384. The molecule has 0 radical (unpaired) electrons. The summed E-state index contributed by atoms with van der Waals surface area (Å²) in [6.07, 6.45) is 0.499. The van der Waals surface area contributed by atoms with E-state index in [0.717, 1.165) is 5.69 Å². The molecule has 1 amide bonds. The van der Waals surface area contributed by atoms with Gasteiger partial charge in [0, 0.05) is 19.2 Å². The molecule has 100 valence electrons. The normalized spacial score (nSPS) is 12.6. The fourth-order valence-corrected chi connectivity index (χ4v) is 1.75. The number of amides is 1. The van der Waals surface area contributed by atoms with Crippen molar-refractivity contribution in [1.29, 1.82) is 0 Å². The number of hydrogen-bond acceptors (Lipinski definition) is 2. The van der Waals surface area contributed by atoms with Crippen molar-refractivity contribution in [2.75, 3.05) is 18.5 Å². The summed E-state index contributed by atoms with van der Waals surface area (Å²) in [5.41, 5.74) is 7.77. The molecule has 0 aromatic heterocycles. The molecule has 1 unspecified atom stereocenters. The zero-order chi connectivity index (χ0) is 13.7. The molecular formula is C15H24N2O. The Balaban J connectivity index is 2.71. The summed E-state index contributed by atoms with van der Waals surface area (Å²) >= 11 is 0. The Labute approximate surface area is 110 Å². The van der Waals surface area contributed by atoms with Crippen LogP contribution in [0.5, 0.6) is 0 Å². The van der Waals surface area contributed by atoms with Crippen LogP contribution in [0.4, 0.5) is 5.69 Å². The molecule has 0 bridgehead atoms. The molecule has 0 saturated carbocycles. The topological polar surface area (TPSA) is 46.3 Å². The molecule has 0 aliphatic rings. The molecule has 0 aliphatic heterocycles. The van der Waals surface area contributed by atoms with Crippen LogP contribution in [0.1, 0.15) is 38.7 Å². The lowest BCUT2D eigenvalue weighted by molar-refractivity contribution is -0.119. The van der Waals surface area contributed by atoms with Crippen molar-refractivity contribution in [1.82, 2.24) is 0 Å². The highest BCUT2D eigenvalue weighted by atomic mass is 16.2. The number of carbonyl (C=O) groups excluding carboxylic acids is 1. The quantitative estimate of drug-likeness (QED) is 0.871. The SMILES string of the molecule is CC(CN)CC(=O)N(C)c1ccc(C(C)C)cc1. The van der Waals surface area contributed by atoms with Crippen molar-refractivity contribution in [3.8, 4) is 0 Å². The van der Waals surface area contributed by atoms with Crippen molar-refractivity contribution in [2.45, 2.75) is 33.1 Å². The molecule has 2 N–H and O–H groups in total. The third-order valence-electron chi connectivity index (χ3n) is 3.25. The van der Waals surface area contributed by atoms with Crippen LogP contribution in [-0.2, 0) is 4.79 Å². The molecule has 1 atom stereocenters. The summed E-state index contributed by atoms with van der Waals surface area (Å²) < 4.78 is 0. The number of nitrogens with zero attached hydrogens (tertiary/aromatic N) is 1. The number of hydrogen-bond donors (Lipinski definition) is 1. The highest BCUT2D eigenvalue weighted by Crippen LogP contribution is 2.20. The Morgan fingerprint density at radius 3 is 2.22 bits per heavy atom. The Kier molecular flexibility index (Phi) is 5.35. The number of benzene rings is 1. The van der Waals surface area contributed by atoms with Crippen LogP contribution >= 0.6 is 0 Å². The van der Waals surface area contributed by atoms with Gasteiger partial charge in [-0.2, -0.15) is 0 Å². The van der Waals surface area contributed by atoms with Gasteiger partial charge in [-0.1, -0.05) is 32.9 Å². The van der Waals surface area contributed by atoms with Crippen molar-refractivity contribution >= 4 is 11.6 Å². The predicted octanol–water partition coefficient (Wildman–Crippen LogP) is 2.76. The Hall–Kier alpha value is -1.35. The molecule has 0 saturated heterocycles. The number of nitrogens with two attached hydrogens (primary N) is 1. The summed E-state index contributed by atoms with van der Waals surface area (Å²) in [5.74, 6) is 0.859. The van der Waals surface area contributed by atoms with Crippen LogP contribution in [0.15, 0.2) is 24.3 Å². The van der Waals surface area contributed by atoms with E-state index in [4.69, 9.17) is 5.73 Å². The maximum atomic E-state index is 12.0. The number of carbonyl (C=O) groups is 1. The van der Waals surface area contributed by atoms with Crippen molar-refractivity contribution in [3.63, 3.8) is 0 Å². The largest absolute Gasteiger partial charge is 0.330 e. The van der Waals surface area contributed by atoms with Crippen LogP contribution in [0.25, 0.3) is 0 Å². The van der Waals surface area contributed by atoms with Gasteiger partial charge in [0.2, 0.25) is 5.91 Å². The van der Waals surface area contributed by atoms with Crippen LogP contribution in [0.2, 0.25) is 0 Å². The minimum absolute atomic E-state index is 0.116. The van der Waals surface area contributed by atoms with E-state index < -0.39 is 0 Å². The highest BCUT2D eigenvalue weighted by Gasteiger charge is 2.14. The second-order valence-corrected chi connectivity index (χ2v) is 5.24. The van der Waals surface area contributed by atoms with E-state index >= 15 is 0 Å². The molecule has 3 nitrogen and oxygen atoms in total. The third-order valence-corrected chi connectivity index (χ3v) is 3.25. The van der Waals surface area contributed by atoms with E-state index in [1.807, 2.05) is 26.1 Å². The molecule has 0 fully saturated rings. The third kappa shape index (κ3) is 3.84. The lowest BCUT2D eigenvalue weighted by atomic mass is 10.0. The predicted molar refractivity (Wildman–Crippen MR) is 76.8 cm³/mol. The molecule has 1 rings (SSSR count). The maximum Gasteiger partial charge on any atom is 0.227 e. The summed E-state index contributed by atoms with van der Waals surface area (Å²) in [5, 5.41) is 0. The van der Waals surface area contributed by atoms with Crippen LogP contribution < -0.4 is 10.6 Å². The minimum Gasteiger partial charge on any atom is -0.330 e. The van der Waals surface area contributed by atoms with Gasteiger partial charge in [0.25, 0.3) is 0 Å². The summed E-state index contributed by atoms with van der Waals surface area (Å²) in [7, 11) is 1.82. The highest BCUT2D eigenvalue weighted by molar-refractivity contribution is 5.92. The smallest absolute Gasteiger partial charge is 0.227 e. The Morgan fingerprint density at radius 1 is 1.22 bits per heavy atom. The first-order valence-corrected chi connectivity index (χ1v) is 6.52. The standard InChI is InChI=1S/C15H24N2O/c1-11(2)13-5-7-14(8-6-13)17(4)15(18)9-12(3)10-16/h5-8,11-12H,9-10,16H2,1-4H3. The Morgan fingerprint density at radius 2 is 1.78 bits per heavy atom. The van der Waals surface area contributed by atoms with Gasteiger partial charge in [-0.05, 0) is 36.1 Å². The zero-order valence-electron chi connectivity index (χ0n) is 11.8. The number of rotatable bonds is 5. The molecule has 0 heterocycles. The van der Waals surface area contributed by atoms with Crippen LogP contribution in [0, 0.1) is 5.92 Å². The van der Waals surface area contributed by atoms with Gasteiger partial charge >= 0.3 is 0 Å². The van der Waals surface area contributed by atoms with Crippen molar-refractivity contribution < 1.29 is 4.79 Å². The summed E-state index contributed by atoms with van der Waals surface area (Å²) in [4.78, 5) is 13.7. The molecule has 0 spiro atoms. The van der Waals surface area contributed by atoms with Gasteiger partial charge in [-0.25, -0.2) is 0 Å². The van der Waals surface area contributed by atoms with Crippen molar-refractivity contribution in [3.05, 3.63) is 29.8 Å². The van der Waals surface area contributed by atoms with E-state index in [-0.39, 0.29) is 11.8 Å². The van der Waals surface area contributed by atoms with Gasteiger partial charge in [0.05, 0.1) is 0 Å². The molecular weight excluding hydrogens is 224 g/mol. The second-order valence-electron chi connectivity index (χ2n) is 5.24. The van der Waals surface area contributed by atoms with Gasteiger partial charge < -0.3 is 10.6 Å². The minimum atomic E-state index is 0.116. The first-order chi connectivity index (χ1) is 8.45. The lowest BCUT2D eigenvalue weighted by Gasteiger charge is -2.20. The second kappa shape index (κ2) is 6.55. The van der Waals surface area contributed by atoms with Gasteiger partial charge in [-0.3, -0.25) is 4.79 Å². The van der Waals surface area contributed by atoms with E-state index in [9.17, 15) is 4.79 Å². The monoisotopic (exact) mass is 248 g/mol. The molecule has 1 aromatic rings. The van der Waals surface area contributed by atoms with Crippen LogP contribution in [0.3, 0.4) is 0 Å². The maximum absolute atomic E-state index is 12.0. The first-order valence-electron chi connectivity index (χ1n) is 6.52. The van der Waals surface area contributed by atoms with Gasteiger partial charge in [0.15, 0.2) is 0 Å². The fourth-order valence-electron chi connectivity index (χ4n) is 1.75. The first kappa shape index (κ1) is 14.7. The fraction of sp³-hybridized carbons (Fsp3) is 0.533. The van der Waals surface area contributed by atoms with E-state index in [2.05, 4.69) is 26.0 Å².